The minimum atomic E-state index is -1.31. The van der Waals surface area contributed by atoms with E-state index in [-0.39, 0.29) is 12.8 Å². The fourth-order valence-electron chi connectivity index (χ4n) is 3.07. The zero-order valence-electron chi connectivity index (χ0n) is 13.9. The average Bonchev–Trinajstić information content (AvgIpc) is 3.09. The Morgan fingerprint density at radius 3 is 2.72 bits per heavy atom. The molecule has 1 aromatic rings. The normalized spacial score (nSPS) is 17.9. The molecule has 1 heterocycles. The van der Waals surface area contributed by atoms with Gasteiger partial charge in [0.25, 0.3) is 0 Å². The molecule has 1 fully saturated rings. The first-order chi connectivity index (χ1) is 12.2. The van der Waals surface area contributed by atoms with Gasteiger partial charge in [-0.25, -0.2) is 0 Å². The van der Waals surface area contributed by atoms with E-state index in [2.05, 4.69) is 5.32 Å². The third-order valence-electron chi connectivity index (χ3n) is 4.46. The molecular weight excluding hydrogens is 320 g/mol. The third-order valence-corrected chi connectivity index (χ3v) is 4.46. The number of hydrogen-bond donors (Lipinski definition) is 1. The van der Waals surface area contributed by atoms with Crippen LogP contribution in [0.25, 0.3) is 6.08 Å². The molecule has 1 N–H and O–H groups in total. The van der Waals surface area contributed by atoms with Gasteiger partial charge in [0, 0.05) is 6.04 Å². The molecule has 1 atom stereocenters. The van der Waals surface area contributed by atoms with E-state index in [0.717, 1.165) is 31.2 Å². The maximum atomic E-state index is 12.2. The molecule has 2 aliphatic rings. The highest BCUT2D eigenvalue weighted by Gasteiger charge is 2.27. The Morgan fingerprint density at radius 1 is 1.20 bits per heavy atom. The van der Waals surface area contributed by atoms with Crippen LogP contribution < -0.4 is 14.8 Å². The lowest BCUT2D eigenvalue weighted by Crippen LogP contribution is -2.41. The van der Waals surface area contributed by atoms with Gasteiger partial charge < -0.3 is 14.8 Å². The number of hydrogen-bond acceptors (Lipinski definition) is 5. The number of nitriles is 1. The number of nitrogens with zero attached hydrogens (tertiary/aromatic N) is 1. The molecule has 3 rings (SSSR count). The molecule has 0 saturated heterocycles. The second-order valence-corrected chi connectivity index (χ2v) is 6.25. The van der Waals surface area contributed by atoms with E-state index in [1.165, 1.54) is 12.5 Å². The van der Waals surface area contributed by atoms with E-state index >= 15 is 0 Å². The maximum absolute atomic E-state index is 12.2. The summed E-state index contributed by atoms with van der Waals surface area (Å²) in [6.45, 7) is 0.180. The van der Waals surface area contributed by atoms with Crippen LogP contribution >= 0.6 is 0 Å². The average molecular weight is 340 g/mol. The molecule has 6 heteroatoms. The van der Waals surface area contributed by atoms with Crippen LogP contribution in [0.1, 0.15) is 37.7 Å². The fourth-order valence-corrected chi connectivity index (χ4v) is 3.07. The number of benzene rings is 1. The molecule has 1 aliphatic carbocycles. The number of ether oxygens (including phenoxy) is 2. The van der Waals surface area contributed by atoms with E-state index < -0.39 is 17.6 Å². The van der Waals surface area contributed by atoms with Crippen LogP contribution in [0, 0.1) is 17.2 Å². The quantitative estimate of drug-likeness (QED) is 0.657. The summed E-state index contributed by atoms with van der Waals surface area (Å²) < 4.78 is 10.5. The molecular formula is C19H20N2O4. The summed E-state index contributed by atoms with van der Waals surface area (Å²) in [6.07, 6.45) is 7.97. The maximum Gasteiger partial charge on any atom is 0.245 e. The largest absolute Gasteiger partial charge is 0.454 e. The van der Waals surface area contributed by atoms with Crippen LogP contribution in [-0.4, -0.2) is 24.5 Å². The minimum absolute atomic E-state index is 0.0720. The van der Waals surface area contributed by atoms with E-state index in [9.17, 15) is 14.9 Å². The summed E-state index contributed by atoms with van der Waals surface area (Å²) in [4.78, 5) is 24.5. The first-order valence-corrected chi connectivity index (χ1v) is 8.49. The Labute approximate surface area is 146 Å². The van der Waals surface area contributed by atoms with Gasteiger partial charge >= 0.3 is 0 Å². The van der Waals surface area contributed by atoms with Crippen molar-refractivity contribution in [2.75, 3.05) is 6.79 Å². The van der Waals surface area contributed by atoms with Crippen molar-refractivity contribution in [2.24, 2.45) is 5.92 Å². The Bertz CT molecular complexity index is 729. The zero-order valence-corrected chi connectivity index (χ0v) is 13.9. The van der Waals surface area contributed by atoms with Crippen LogP contribution in [0.15, 0.2) is 24.3 Å². The molecule has 0 spiro atoms. The molecule has 0 radical (unpaired) electrons. The molecule has 25 heavy (non-hydrogen) atoms. The molecule has 6 nitrogen and oxygen atoms in total. The summed E-state index contributed by atoms with van der Waals surface area (Å²) in [5.41, 5.74) is 0.738. The first kappa shape index (κ1) is 17.0. The number of nitrogens with one attached hydrogen (secondary N) is 1. The van der Waals surface area contributed by atoms with Crippen molar-refractivity contribution in [3.8, 4) is 17.6 Å². The summed E-state index contributed by atoms with van der Waals surface area (Å²) in [5.74, 6) is -1.07. The van der Waals surface area contributed by atoms with Crippen molar-refractivity contribution in [3.63, 3.8) is 0 Å². The summed E-state index contributed by atoms with van der Waals surface area (Å²) in [6, 6.07) is 7.16. The molecule has 1 aromatic carbocycles. The lowest BCUT2D eigenvalue weighted by molar-refractivity contribution is -0.130. The van der Waals surface area contributed by atoms with E-state index in [1.54, 1.807) is 24.3 Å². The van der Waals surface area contributed by atoms with Crippen LogP contribution in [0.3, 0.4) is 0 Å². The predicted octanol–water partition coefficient (Wildman–Crippen LogP) is 2.59. The van der Waals surface area contributed by atoms with Gasteiger partial charge in [-0.3, -0.25) is 9.59 Å². The van der Waals surface area contributed by atoms with Gasteiger partial charge in [0.1, 0.15) is 0 Å². The SMILES string of the molecule is N#CC(C(=O)/C=C/c1ccc2c(c1)OCO2)C(=O)NC1CCCCC1. The lowest BCUT2D eigenvalue weighted by Gasteiger charge is -2.23. The van der Waals surface area contributed by atoms with E-state index in [0.29, 0.717) is 11.5 Å². The molecule has 0 aromatic heterocycles. The fraction of sp³-hybridized carbons (Fsp3) is 0.421. The van der Waals surface area contributed by atoms with Gasteiger partial charge in [-0.1, -0.05) is 31.4 Å². The third kappa shape index (κ3) is 4.18. The summed E-state index contributed by atoms with van der Waals surface area (Å²) >= 11 is 0. The van der Waals surface area contributed by atoms with Crippen molar-refractivity contribution < 1.29 is 19.1 Å². The van der Waals surface area contributed by atoms with Gasteiger partial charge in [0.2, 0.25) is 12.7 Å². The van der Waals surface area contributed by atoms with Gasteiger partial charge in [0.15, 0.2) is 23.2 Å². The number of rotatable bonds is 5. The Kier molecular flexibility index (Phi) is 5.34. The second-order valence-electron chi connectivity index (χ2n) is 6.25. The van der Waals surface area contributed by atoms with E-state index in [1.807, 2.05) is 6.07 Å². The van der Waals surface area contributed by atoms with E-state index in [4.69, 9.17) is 9.47 Å². The molecule has 1 saturated carbocycles. The molecule has 0 bridgehead atoms. The Morgan fingerprint density at radius 2 is 1.96 bits per heavy atom. The van der Waals surface area contributed by atoms with Crippen molar-refractivity contribution >= 4 is 17.8 Å². The monoisotopic (exact) mass is 340 g/mol. The smallest absolute Gasteiger partial charge is 0.245 e. The highest BCUT2D eigenvalue weighted by molar-refractivity contribution is 6.10. The number of allylic oxidation sites excluding steroid dienone is 1. The van der Waals surface area contributed by atoms with Gasteiger partial charge in [-0.2, -0.15) is 5.26 Å². The molecule has 1 aliphatic heterocycles. The molecule has 130 valence electrons. The van der Waals surface area contributed by atoms with Crippen molar-refractivity contribution in [1.29, 1.82) is 5.26 Å². The Balaban J connectivity index is 1.61. The lowest BCUT2D eigenvalue weighted by atomic mass is 9.94. The number of carbonyl (C=O) groups excluding carboxylic acids is 2. The minimum Gasteiger partial charge on any atom is -0.454 e. The molecule has 1 unspecified atom stereocenters. The number of carbonyl (C=O) groups is 2. The summed E-state index contributed by atoms with van der Waals surface area (Å²) in [7, 11) is 0. The Hall–Kier alpha value is -2.81. The van der Waals surface area contributed by atoms with Crippen LogP contribution in [0.5, 0.6) is 11.5 Å². The highest BCUT2D eigenvalue weighted by Crippen LogP contribution is 2.32. The number of amides is 1. The van der Waals surface area contributed by atoms with Crippen molar-refractivity contribution in [3.05, 3.63) is 29.8 Å². The second kappa shape index (κ2) is 7.84. The van der Waals surface area contributed by atoms with Crippen LogP contribution in [0.4, 0.5) is 0 Å². The number of fused-ring (bicyclic) bond motifs is 1. The first-order valence-electron chi connectivity index (χ1n) is 8.49. The van der Waals surface area contributed by atoms with Gasteiger partial charge in [-0.15, -0.1) is 0 Å². The van der Waals surface area contributed by atoms with Crippen LogP contribution in [-0.2, 0) is 9.59 Å². The number of ketones is 1. The zero-order chi connectivity index (χ0) is 17.6. The summed E-state index contributed by atoms with van der Waals surface area (Å²) in [5, 5.41) is 12.0. The predicted molar refractivity (Wildman–Crippen MR) is 90.7 cm³/mol. The van der Waals surface area contributed by atoms with Crippen LogP contribution in [0.2, 0.25) is 0 Å². The standard InChI is InChI=1S/C19H20N2O4/c20-11-15(19(23)21-14-4-2-1-3-5-14)16(22)8-6-13-7-9-17-18(10-13)25-12-24-17/h6-10,14-15H,1-5,12H2,(H,21,23)/b8-6+. The van der Waals surface area contributed by atoms with Gasteiger partial charge in [0.05, 0.1) is 6.07 Å². The molecule has 1 amide bonds. The van der Waals surface area contributed by atoms with Crippen molar-refractivity contribution in [2.45, 2.75) is 38.1 Å². The topological polar surface area (TPSA) is 88.4 Å². The van der Waals surface area contributed by atoms with Gasteiger partial charge in [-0.05, 0) is 36.6 Å². The highest BCUT2D eigenvalue weighted by atomic mass is 16.7. The van der Waals surface area contributed by atoms with Crippen molar-refractivity contribution in [1.82, 2.24) is 5.32 Å².